The maximum Gasteiger partial charge on any atom is 0.0991 e. The highest BCUT2D eigenvalue weighted by molar-refractivity contribution is 5.31. The van der Waals surface area contributed by atoms with Gasteiger partial charge in [0.1, 0.15) is 0 Å². The smallest absolute Gasteiger partial charge is 0.0991 e. The topological polar surface area (TPSA) is 30.3 Å². The Morgan fingerprint density at radius 3 is 2.68 bits per heavy atom. The summed E-state index contributed by atoms with van der Waals surface area (Å²) in [6.07, 6.45) is 4.02. The zero-order valence-corrected chi connectivity index (χ0v) is 11.4. The molecule has 0 bridgehead atoms. The maximum absolute atomic E-state index is 8.82. The van der Waals surface area contributed by atoms with E-state index in [4.69, 9.17) is 5.26 Å². The Morgan fingerprint density at radius 1 is 1.11 bits per heavy atom. The summed E-state index contributed by atoms with van der Waals surface area (Å²) in [6, 6.07) is 11.0. The zero-order chi connectivity index (χ0) is 13.1. The van der Waals surface area contributed by atoms with Crippen molar-refractivity contribution in [3.05, 3.63) is 35.4 Å². The van der Waals surface area contributed by atoms with Crippen LogP contribution < -0.4 is 0 Å². The monoisotopic (exact) mass is 255 g/mol. The lowest BCUT2D eigenvalue weighted by atomic mass is 10.1. The molecule has 1 unspecified atom stereocenters. The van der Waals surface area contributed by atoms with Gasteiger partial charge < -0.3 is 0 Å². The predicted octanol–water partition coefficient (Wildman–Crippen LogP) is 2.23. The molecule has 100 valence electrons. The second kappa shape index (κ2) is 5.73. The molecular weight excluding hydrogens is 234 g/mol. The summed E-state index contributed by atoms with van der Waals surface area (Å²) >= 11 is 0. The van der Waals surface area contributed by atoms with Gasteiger partial charge in [-0.2, -0.15) is 5.26 Å². The standard InChI is InChI=1S/C16H21N3/c17-11-14-4-6-15(7-5-14)12-18-8-2-10-19-9-1-3-16(19)13-18/h4-7,16H,1-3,8-10,12-13H2. The van der Waals surface area contributed by atoms with E-state index in [-0.39, 0.29) is 0 Å². The third kappa shape index (κ3) is 2.97. The van der Waals surface area contributed by atoms with Crippen LogP contribution in [0, 0.1) is 11.3 Å². The minimum Gasteiger partial charge on any atom is -0.299 e. The SMILES string of the molecule is N#Cc1ccc(CN2CCCN3CCCC3C2)cc1. The van der Waals surface area contributed by atoms with Gasteiger partial charge in [-0.05, 0) is 56.6 Å². The van der Waals surface area contributed by atoms with E-state index >= 15 is 0 Å². The van der Waals surface area contributed by atoms with Crippen LogP contribution in [0.5, 0.6) is 0 Å². The molecule has 2 fully saturated rings. The molecule has 2 heterocycles. The van der Waals surface area contributed by atoms with Crippen LogP contribution in [0.3, 0.4) is 0 Å². The molecule has 1 atom stereocenters. The Bertz CT molecular complexity index is 460. The number of nitrogens with zero attached hydrogens (tertiary/aromatic N) is 3. The van der Waals surface area contributed by atoms with E-state index in [1.807, 2.05) is 12.1 Å². The van der Waals surface area contributed by atoms with Crippen molar-refractivity contribution in [2.45, 2.75) is 31.8 Å². The highest BCUT2D eigenvalue weighted by Crippen LogP contribution is 2.22. The van der Waals surface area contributed by atoms with Crippen molar-refractivity contribution in [2.24, 2.45) is 0 Å². The second-order valence-corrected chi connectivity index (χ2v) is 5.73. The fraction of sp³-hybridized carbons (Fsp3) is 0.562. The molecule has 19 heavy (non-hydrogen) atoms. The Hall–Kier alpha value is -1.37. The van der Waals surface area contributed by atoms with Crippen LogP contribution in [0.15, 0.2) is 24.3 Å². The first-order chi connectivity index (χ1) is 9.35. The second-order valence-electron chi connectivity index (χ2n) is 5.73. The van der Waals surface area contributed by atoms with Gasteiger partial charge in [0, 0.05) is 19.1 Å². The van der Waals surface area contributed by atoms with Crippen LogP contribution in [0.1, 0.15) is 30.4 Å². The molecule has 0 aliphatic carbocycles. The summed E-state index contributed by atoms with van der Waals surface area (Å²) < 4.78 is 0. The zero-order valence-electron chi connectivity index (χ0n) is 11.4. The van der Waals surface area contributed by atoms with Crippen LogP contribution in [-0.2, 0) is 6.54 Å². The average Bonchev–Trinajstić information content (AvgIpc) is 2.79. The minimum atomic E-state index is 0.751. The van der Waals surface area contributed by atoms with Crippen molar-refractivity contribution in [1.82, 2.24) is 9.80 Å². The molecule has 2 aliphatic rings. The van der Waals surface area contributed by atoms with Crippen LogP contribution in [0.2, 0.25) is 0 Å². The van der Waals surface area contributed by atoms with Gasteiger partial charge in [0.15, 0.2) is 0 Å². The van der Waals surface area contributed by atoms with Gasteiger partial charge in [-0.25, -0.2) is 0 Å². The summed E-state index contributed by atoms with van der Waals surface area (Å²) in [5, 5.41) is 8.82. The fourth-order valence-corrected chi connectivity index (χ4v) is 3.37. The number of hydrogen-bond acceptors (Lipinski definition) is 3. The van der Waals surface area contributed by atoms with E-state index in [1.54, 1.807) is 0 Å². The lowest BCUT2D eigenvalue weighted by molar-refractivity contribution is 0.215. The lowest BCUT2D eigenvalue weighted by Gasteiger charge is -2.25. The number of hydrogen-bond donors (Lipinski definition) is 0. The van der Waals surface area contributed by atoms with E-state index in [2.05, 4.69) is 28.0 Å². The molecule has 2 aliphatic heterocycles. The van der Waals surface area contributed by atoms with Crippen molar-refractivity contribution >= 4 is 0 Å². The molecule has 0 spiro atoms. The normalized spacial score (nSPS) is 24.7. The van der Waals surface area contributed by atoms with Gasteiger partial charge in [0.2, 0.25) is 0 Å². The fourth-order valence-electron chi connectivity index (χ4n) is 3.37. The van der Waals surface area contributed by atoms with E-state index in [0.29, 0.717) is 0 Å². The summed E-state index contributed by atoms with van der Waals surface area (Å²) in [6.45, 7) is 6.01. The summed E-state index contributed by atoms with van der Waals surface area (Å²) in [5.41, 5.74) is 2.08. The Balaban J connectivity index is 1.63. The summed E-state index contributed by atoms with van der Waals surface area (Å²) in [5.74, 6) is 0. The predicted molar refractivity (Wildman–Crippen MR) is 75.6 cm³/mol. The molecular formula is C16H21N3. The third-order valence-corrected chi connectivity index (χ3v) is 4.38. The average molecular weight is 255 g/mol. The van der Waals surface area contributed by atoms with Crippen LogP contribution in [0.25, 0.3) is 0 Å². The summed E-state index contributed by atoms with van der Waals surface area (Å²) in [4.78, 5) is 5.25. The Kier molecular flexibility index (Phi) is 3.82. The first-order valence-corrected chi connectivity index (χ1v) is 7.30. The molecule has 0 aromatic heterocycles. The maximum atomic E-state index is 8.82. The van der Waals surface area contributed by atoms with Gasteiger partial charge in [-0.15, -0.1) is 0 Å². The van der Waals surface area contributed by atoms with E-state index < -0.39 is 0 Å². The Morgan fingerprint density at radius 2 is 1.89 bits per heavy atom. The highest BCUT2D eigenvalue weighted by atomic mass is 15.3. The van der Waals surface area contributed by atoms with Gasteiger partial charge in [-0.1, -0.05) is 12.1 Å². The van der Waals surface area contributed by atoms with Crippen molar-refractivity contribution < 1.29 is 0 Å². The van der Waals surface area contributed by atoms with E-state index in [9.17, 15) is 0 Å². The molecule has 2 saturated heterocycles. The van der Waals surface area contributed by atoms with Gasteiger partial charge in [0.25, 0.3) is 0 Å². The number of rotatable bonds is 2. The minimum absolute atomic E-state index is 0.751. The molecule has 3 rings (SSSR count). The molecule has 1 aromatic rings. The van der Waals surface area contributed by atoms with Gasteiger partial charge >= 0.3 is 0 Å². The van der Waals surface area contributed by atoms with Crippen molar-refractivity contribution in [1.29, 1.82) is 5.26 Å². The first-order valence-electron chi connectivity index (χ1n) is 7.30. The van der Waals surface area contributed by atoms with Crippen LogP contribution in [0.4, 0.5) is 0 Å². The number of fused-ring (bicyclic) bond motifs is 1. The molecule has 3 heteroatoms. The quantitative estimate of drug-likeness (QED) is 0.812. The summed E-state index contributed by atoms with van der Waals surface area (Å²) in [7, 11) is 0. The van der Waals surface area contributed by atoms with Crippen molar-refractivity contribution in [3.8, 4) is 6.07 Å². The third-order valence-electron chi connectivity index (χ3n) is 4.38. The number of benzene rings is 1. The van der Waals surface area contributed by atoms with Crippen LogP contribution >= 0.6 is 0 Å². The van der Waals surface area contributed by atoms with Gasteiger partial charge in [-0.3, -0.25) is 9.80 Å². The van der Waals surface area contributed by atoms with Crippen molar-refractivity contribution in [3.63, 3.8) is 0 Å². The Labute approximate surface area is 115 Å². The number of nitriles is 1. The van der Waals surface area contributed by atoms with Crippen LogP contribution in [-0.4, -0.2) is 42.0 Å². The molecule has 1 aromatic carbocycles. The molecule has 0 radical (unpaired) electrons. The van der Waals surface area contributed by atoms with Crippen molar-refractivity contribution in [2.75, 3.05) is 26.2 Å². The van der Waals surface area contributed by atoms with E-state index in [0.717, 1.165) is 18.2 Å². The first kappa shape index (κ1) is 12.7. The molecule has 0 amide bonds. The largest absolute Gasteiger partial charge is 0.299 e. The molecule has 0 saturated carbocycles. The molecule has 3 nitrogen and oxygen atoms in total. The van der Waals surface area contributed by atoms with E-state index in [1.165, 1.54) is 51.0 Å². The lowest BCUT2D eigenvalue weighted by Crippen LogP contribution is -2.36. The highest BCUT2D eigenvalue weighted by Gasteiger charge is 2.28. The molecule has 0 N–H and O–H groups in total. The van der Waals surface area contributed by atoms with Gasteiger partial charge in [0.05, 0.1) is 11.6 Å².